The Hall–Kier alpha value is -2.49. The molecule has 2 saturated carbocycles. The Balaban J connectivity index is 1.41. The smallest absolute Gasteiger partial charge is 0.317 e. The molecular weight excluding hydrogens is 412 g/mol. The number of benzene rings is 1. The topological polar surface area (TPSA) is 73.2 Å². The molecule has 1 heterocycles. The van der Waals surface area contributed by atoms with Gasteiger partial charge in [0.2, 0.25) is 0 Å². The molecular formula is C25H31F2N3O2. The number of rotatable bonds is 8. The fourth-order valence-electron chi connectivity index (χ4n) is 5.05. The van der Waals surface area contributed by atoms with E-state index in [1.54, 1.807) is 35.2 Å². The predicted molar refractivity (Wildman–Crippen MR) is 116 cm³/mol. The first-order chi connectivity index (χ1) is 15.2. The van der Waals surface area contributed by atoms with Gasteiger partial charge in [0.25, 0.3) is 5.92 Å². The van der Waals surface area contributed by atoms with Crippen LogP contribution in [-0.4, -0.2) is 41.8 Å². The number of carbonyl (C=O) groups excluding carboxylic acids is 2. The van der Waals surface area contributed by atoms with Crippen molar-refractivity contribution in [3.05, 3.63) is 35.9 Å². The van der Waals surface area contributed by atoms with Crippen LogP contribution in [0.3, 0.4) is 0 Å². The zero-order chi connectivity index (χ0) is 22.8. The Kier molecular flexibility index (Phi) is 6.24. The lowest BCUT2D eigenvalue weighted by Gasteiger charge is -2.48. The minimum Gasteiger partial charge on any atom is -0.328 e. The van der Waals surface area contributed by atoms with Gasteiger partial charge < -0.3 is 10.2 Å². The van der Waals surface area contributed by atoms with Gasteiger partial charge in [0.1, 0.15) is 0 Å². The molecule has 5 nitrogen and oxygen atoms in total. The van der Waals surface area contributed by atoms with Crippen molar-refractivity contribution in [2.75, 3.05) is 13.1 Å². The molecule has 0 bridgehead atoms. The number of alkyl halides is 2. The number of amides is 2. The number of nitrogens with zero attached hydrogens (tertiary/aromatic N) is 2. The lowest BCUT2D eigenvalue weighted by atomic mass is 9.63. The number of hydrogen-bond acceptors (Lipinski definition) is 3. The van der Waals surface area contributed by atoms with E-state index in [1.165, 1.54) is 19.3 Å². The first-order valence-electron chi connectivity index (χ1n) is 11.7. The van der Waals surface area contributed by atoms with Gasteiger partial charge in [0.05, 0.1) is 17.5 Å². The van der Waals surface area contributed by atoms with Gasteiger partial charge in [-0.3, -0.25) is 4.79 Å². The molecule has 2 amide bonds. The molecule has 2 aliphatic carbocycles. The number of nitriles is 1. The largest absolute Gasteiger partial charge is 0.328 e. The summed E-state index contributed by atoms with van der Waals surface area (Å²) in [5.74, 6) is -3.63. The lowest BCUT2D eigenvalue weighted by molar-refractivity contribution is -0.124. The Morgan fingerprint density at radius 3 is 2.28 bits per heavy atom. The van der Waals surface area contributed by atoms with E-state index < -0.39 is 42.0 Å². The summed E-state index contributed by atoms with van der Waals surface area (Å²) in [6.07, 6.45) is 5.36. The number of likely N-dealkylation sites (tertiary alicyclic amines) is 1. The van der Waals surface area contributed by atoms with E-state index in [9.17, 15) is 23.6 Å². The lowest BCUT2D eigenvalue weighted by Crippen LogP contribution is -2.54. The molecule has 0 unspecified atom stereocenters. The normalized spacial score (nSPS) is 21.8. The number of piperidine rings is 1. The fraction of sp³-hybridized carbons (Fsp3) is 0.640. The van der Waals surface area contributed by atoms with Crippen LogP contribution in [0.5, 0.6) is 0 Å². The summed E-state index contributed by atoms with van der Waals surface area (Å²) in [7, 11) is 0. The number of ketones is 1. The molecule has 7 heteroatoms. The van der Waals surface area contributed by atoms with Gasteiger partial charge in [-0.2, -0.15) is 5.26 Å². The van der Waals surface area contributed by atoms with Gasteiger partial charge in [-0.1, -0.05) is 36.8 Å². The first kappa shape index (κ1) is 22.7. The average molecular weight is 444 g/mol. The van der Waals surface area contributed by atoms with E-state index in [-0.39, 0.29) is 6.42 Å². The highest BCUT2D eigenvalue weighted by Gasteiger charge is 2.48. The van der Waals surface area contributed by atoms with Crippen LogP contribution >= 0.6 is 0 Å². The maximum absolute atomic E-state index is 14.9. The fourth-order valence-corrected chi connectivity index (χ4v) is 5.05. The molecule has 1 saturated heterocycles. The number of carbonyl (C=O) groups is 2. The highest BCUT2D eigenvalue weighted by Crippen LogP contribution is 2.49. The highest BCUT2D eigenvalue weighted by atomic mass is 19.3. The van der Waals surface area contributed by atoms with E-state index in [0.717, 1.165) is 12.8 Å². The second kappa shape index (κ2) is 8.80. The summed E-state index contributed by atoms with van der Waals surface area (Å²) in [5, 5.41) is 11.9. The molecule has 1 atom stereocenters. The zero-order valence-electron chi connectivity index (χ0n) is 18.4. The van der Waals surface area contributed by atoms with Crippen molar-refractivity contribution in [2.45, 2.75) is 76.2 Å². The number of nitrogens with one attached hydrogen (secondary N) is 1. The SMILES string of the molecule is N#CC1(CC(=O)[C@H](CC(F)(F)Cc2ccccc2)NC(=O)N2CCC3(CCC3)CC2)CC1. The molecule has 3 fully saturated rings. The molecule has 1 aromatic rings. The van der Waals surface area contributed by atoms with Crippen molar-refractivity contribution in [2.24, 2.45) is 10.8 Å². The second-order valence-corrected chi connectivity index (χ2v) is 10.1. The standard InChI is InChI=1S/C25H31F2N3O2/c26-25(27,15-19-5-2-1-3-6-19)16-20(21(31)17-24(18-28)9-10-24)29-22(32)30-13-11-23(12-14-30)7-4-8-23/h1-3,5-6,20H,4,7-17H2,(H,29,32)/t20-/m0/s1. The van der Waals surface area contributed by atoms with Gasteiger partial charge in [0.15, 0.2) is 5.78 Å². The first-order valence-corrected chi connectivity index (χ1v) is 11.7. The Morgan fingerprint density at radius 2 is 1.75 bits per heavy atom. The average Bonchev–Trinajstić information content (AvgIpc) is 3.52. The minimum absolute atomic E-state index is 0.0844. The van der Waals surface area contributed by atoms with Crippen LogP contribution in [0.25, 0.3) is 0 Å². The summed E-state index contributed by atoms with van der Waals surface area (Å²) in [6.45, 7) is 1.19. The van der Waals surface area contributed by atoms with Gasteiger partial charge in [-0.05, 0) is 49.5 Å². The van der Waals surface area contributed by atoms with Crippen LogP contribution in [-0.2, 0) is 11.2 Å². The van der Waals surface area contributed by atoms with Gasteiger partial charge in [0, 0.05) is 32.4 Å². The van der Waals surface area contributed by atoms with E-state index in [0.29, 0.717) is 36.9 Å². The summed E-state index contributed by atoms with van der Waals surface area (Å²) < 4.78 is 29.8. The highest BCUT2D eigenvalue weighted by molar-refractivity contribution is 5.89. The van der Waals surface area contributed by atoms with Crippen LogP contribution < -0.4 is 5.32 Å². The van der Waals surface area contributed by atoms with Crippen LogP contribution in [0.4, 0.5) is 13.6 Å². The molecule has 0 radical (unpaired) electrons. The molecule has 1 spiro atoms. The van der Waals surface area contributed by atoms with Crippen LogP contribution in [0.15, 0.2) is 30.3 Å². The van der Waals surface area contributed by atoms with Crippen LogP contribution in [0.2, 0.25) is 0 Å². The number of Topliss-reactive ketones (excluding diaryl/α,β-unsaturated/α-hetero) is 1. The van der Waals surface area contributed by atoms with E-state index in [1.807, 2.05) is 0 Å². The molecule has 172 valence electrons. The molecule has 1 aromatic carbocycles. The maximum atomic E-state index is 14.9. The molecule has 1 N–H and O–H groups in total. The maximum Gasteiger partial charge on any atom is 0.317 e. The minimum atomic E-state index is -3.16. The quantitative estimate of drug-likeness (QED) is 0.623. The van der Waals surface area contributed by atoms with Gasteiger partial charge >= 0.3 is 6.03 Å². The van der Waals surface area contributed by atoms with Gasteiger partial charge in [-0.25, -0.2) is 13.6 Å². The third-order valence-electron chi connectivity index (χ3n) is 7.62. The number of halogens is 2. The second-order valence-electron chi connectivity index (χ2n) is 10.1. The molecule has 32 heavy (non-hydrogen) atoms. The van der Waals surface area contributed by atoms with E-state index >= 15 is 0 Å². The Labute approximate surface area is 188 Å². The summed E-state index contributed by atoms with van der Waals surface area (Å²) >= 11 is 0. The van der Waals surface area contributed by atoms with Crippen molar-refractivity contribution < 1.29 is 18.4 Å². The zero-order valence-corrected chi connectivity index (χ0v) is 18.4. The van der Waals surface area contributed by atoms with Crippen LogP contribution in [0.1, 0.15) is 63.4 Å². The molecule has 1 aliphatic heterocycles. The van der Waals surface area contributed by atoms with Crippen LogP contribution in [0, 0.1) is 22.2 Å². The van der Waals surface area contributed by atoms with Crippen molar-refractivity contribution in [3.63, 3.8) is 0 Å². The van der Waals surface area contributed by atoms with E-state index in [2.05, 4.69) is 11.4 Å². The third-order valence-corrected chi connectivity index (χ3v) is 7.62. The number of hydrogen-bond donors (Lipinski definition) is 1. The third kappa shape index (κ3) is 5.28. The van der Waals surface area contributed by atoms with Crippen molar-refractivity contribution in [1.82, 2.24) is 10.2 Å². The number of urea groups is 1. The van der Waals surface area contributed by atoms with Crippen molar-refractivity contribution in [3.8, 4) is 6.07 Å². The summed E-state index contributed by atoms with van der Waals surface area (Å²) in [6, 6.07) is 8.81. The van der Waals surface area contributed by atoms with E-state index in [4.69, 9.17) is 0 Å². The predicted octanol–water partition coefficient (Wildman–Crippen LogP) is 4.86. The van der Waals surface area contributed by atoms with Gasteiger partial charge in [-0.15, -0.1) is 0 Å². The molecule has 4 rings (SSSR count). The molecule has 0 aromatic heterocycles. The Bertz CT molecular complexity index is 878. The summed E-state index contributed by atoms with van der Waals surface area (Å²) in [5.41, 5.74) is 0.101. The Morgan fingerprint density at radius 1 is 1.09 bits per heavy atom. The monoisotopic (exact) mass is 443 g/mol. The van der Waals surface area contributed by atoms with Crippen molar-refractivity contribution in [1.29, 1.82) is 5.26 Å². The molecule has 3 aliphatic rings. The van der Waals surface area contributed by atoms with Crippen molar-refractivity contribution >= 4 is 11.8 Å². The summed E-state index contributed by atoms with van der Waals surface area (Å²) in [4.78, 5) is 27.5.